The maximum Gasteiger partial charge on any atom is 0.205 e. The lowest BCUT2D eigenvalue weighted by molar-refractivity contribution is 0.414. The molecular weight excluding hydrogens is 206 g/mol. The maximum absolute atomic E-state index is 5.34. The summed E-state index contributed by atoms with van der Waals surface area (Å²) in [6.07, 6.45) is 2.73. The monoisotopic (exact) mass is 223 g/mol. The third-order valence-corrected chi connectivity index (χ3v) is 2.95. The fourth-order valence-electron chi connectivity index (χ4n) is 1.71. The summed E-state index contributed by atoms with van der Waals surface area (Å²) in [5, 5.41) is 3.26. The van der Waals surface area contributed by atoms with Crippen molar-refractivity contribution in [2.45, 2.75) is 13.3 Å². The number of nitrogens with two attached hydrogens (primary N) is 1. The van der Waals surface area contributed by atoms with Gasteiger partial charge in [-0.15, -0.1) is 0 Å². The third kappa shape index (κ3) is 2.16. The fraction of sp³-hybridized carbons (Fsp3) is 0.600. The van der Waals surface area contributed by atoms with Crippen molar-refractivity contribution in [1.82, 2.24) is 9.97 Å². The molecule has 0 saturated heterocycles. The molecule has 2 rings (SSSR count). The lowest BCUT2D eigenvalue weighted by atomic mass is 10.3. The quantitative estimate of drug-likeness (QED) is 0.506. The SMILES string of the molecule is COc1c(NN)ncnc1NCC1CC1C. The van der Waals surface area contributed by atoms with Gasteiger partial charge >= 0.3 is 0 Å². The van der Waals surface area contributed by atoms with Crippen molar-refractivity contribution in [1.29, 1.82) is 0 Å². The van der Waals surface area contributed by atoms with E-state index in [4.69, 9.17) is 10.6 Å². The van der Waals surface area contributed by atoms with Crippen LogP contribution in [-0.2, 0) is 0 Å². The van der Waals surface area contributed by atoms with Crippen molar-refractivity contribution >= 4 is 11.6 Å². The predicted molar refractivity (Wildman–Crippen MR) is 62.2 cm³/mol. The van der Waals surface area contributed by atoms with Crippen molar-refractivity contribution in [3.8, 4) is 5.75 Å². The highest BCUT2D eigenvalue weighted by Gasteiger charge is 2.32. The van der Waals surface area contributed by atoms with E-state index in [-0.39, 0.29) is 0 Å². The zero-order valence-electron chi connectivity index (χ0n) is 9.53. The smallest absolute Gasteiger partial charge is 0.205 e. The lowest BCUT2D eigenvalue weighted by Crippen LogP contribution is -2.13. The number of hydrazine groups is 1. The van der Waals surface area contributed by atoms with Gasteiger partial charge in [0.15, 0.2) is 11.6 Å². The van der Waals surface area contributed by atoms with Gasteiger partial charge in [0.2, 0.25) is 5.75 Å². The first-order valence-electron chi connectivity index (χ1n) is 5.35. The number of nitrogens with one attached hydrogen (secondary N) is 2. The summed E-state index contributed by atoms with van der Waals surface area (Å²) in [5.74, 6) is 8.62. The molecule has 0 bridgehead atoms. The van der Waals surface area contributed by atoms with E-state index >= 15 is 0 Å². The molecule has 0 aromatic carbocycles. The van der Waals surface area contributed by atoms with Gasteiger partial charge in [-0.2, -0.15) is 0 Å². The molecule has 2 unspecified atom stereocenters. The molecule has 1 saturated carbocycles. The standard InChI is InChI=1S/C10H17N5O/c1-6-3-7(6)4-12-9-8(16-2)10(15-11)14-5-13-9/h5-7H,3-4,11H2,1-2H3,(H2,12,13,14,15). The molecule has 1 aliphatic carbocycles. The lowest BCUT2D eigenvalue weighted by Gasteiger charge is -2.12. The summed E-state index contributed by atoms with van der Waals surface area (Å²) in [5.41, 5.74) is 2.48. The van der Waals surface area contributed by atoms with Gasteiger partial charge < -0.3 is 15.5 Å². The average molecular weight is 223 g/mol. The van der Waals surface area contributed by atoms with Crippen LogP contribution in [-0.4, -0.2) is 23.6 Å². The van der Waals surface area contributed by atoms with Crippen LogP contribution < -0.4 is 21.3 Å². The third-order valence-electron chi connectivity index (χ3n) is 2.95. The number of nitrogens with zero attached hydrogens (tertiary/aromatic N) is 2. The van der Waals surface area contributed by atoms with E-state index in [1.165, 1.54) is 12.7 Å². The first kappa shape index (κ1) is 10.9. The largest absolute Gasteiger partial charge is 0.490 e. The molecule has 4 N–H and O–H groups in total. The molecule has 1 fully saturated rings. The number of aromatic nitrogens is 2. The first-order chi connectivity index (χ1) is 7.76. The van der Waals surface area contributed by atoms with Crippen LogP contribution in [0.1, 0.15) is 13.3 Å². The second kappa shape index (κ2) is 4.52. The molecule has 1 heterocycles. The van der Waals surface area contributed by atoms with Gasteiger partial charge in [-0.3, -0.25) is 0 Å². The Kier molecular flexibility index (Phi) is 3.09. The summed E-state index contributed by atoms with van der Waals surface area (Å²) in [7, 11) is 1.57. The Labute approximate surface area is 94.6 Å². The molecule has 2 atom stereocenters. The molecule has 16 heavy (non-hydrogen) atoms. The van der Waals surface area contributed by atoms with Crippen LogP contribution in [0.25, 0.3) is 0 Å². The van der Waals surface area contributed by atoms with Gasteiger partial charge in [0.25, 0.3) is 0 Å². The van der Waals surface area contributed by atoms with E-state index < -0.39 is 0 Å². The van der Waals surface area contributed by atoms with Crippen LogP contribution >= 0.6 is 0 Å². The molecule has 0 spiro atoms. The van der Waals surface area contributed by atoms with E-state index in [1.54, 1.807) is 7.11 Å². The van der Waals surface area contributed by atoms with Crippen LogP contribution in [0.5, 0.6) is 5.75 Å². The summed E-state index contributed by atoms with van der Waals surface area (Å²) < 4.78 is 5.22. The predicted octanol–water partition coefficient (Wildman–Crippen LogP) is 0.839. The number of rotatable bonds is 5. The van der Waals surface area contributed by atoms with E-state index in [2.05, 4.69) is 27.6 Å². The Morgan fingerprint density at radius 2 is 2.19 bits per heavy atom. The van der Waals surface area contributed by atoms with Crippen molar-refractivity contribution < 1.29 is 4.74 Å². The molecule has 1 aliphatic rings. The number of methoxy groups -OCH3 is 1. The van der Waals surface area contributed by atoms with E-state index in [0.717, 1.165) is 18.4 Å². The van der Waals surface area contributed by atoms with Crippen molar-refractivity contribution in [2.75, 3.05) is 24.4 Å². The van der Waals surface area contributed by atoms with E-state index in [1.807, 2.05) is 0 Å². The van der Waals surface area contributed by atoms with Gasteiger partial charge in [-0.05, 0) is 18.3 Å². The van der Waals surface area contributed by atoms with Gasteiger partial charge in [-0.1, -0.05) is 6.92 Å². The molecule has 1 aromatic rings. The molecule has 6 heteroatoms. The second-order valence-corrected chi connectivity index (χ2v) is 4.10. The topological polar surface area (TPSA) is 85.1 Å². The van der Waals surface area contributed by atoms with Crippen LogP contribution in [0.15, 0.2) is 6.33 Å². The Balaban J connectivity index is 2.06. The minimum atomic E-state index is 0.490. The number of hydrogen-bond donors (Lipinski definition) is 3. The van der Waals surface area contributed by atoms with Crippen molar-refractivity contribution in [3.63, 3.8) is 0 Å². The highest BCUT2D eigenvalue weighted by atomic mass is 16.5. The summed E-state index contributed by atoms with van der Waals surface area (Å²) in [4.78, 5) is 8.11. The Morgan fingerprint density at radius 3 is 2.75 bits per heavy atom. The minimum absolute atomic E-state index is 0.490. The van der Waals surface area contributed by atoms with Crippen molar-refractivity contribution in [3.05, 3.63) is 6.33 Å². The number of hydrogen-bond acceptors (Lipinski definition) is 6. The molecule has 0 amide bonds. The first-order valence-corrected chi connectivity index (χ1v) is 5.35. The maximum atomic E-state index is 5.34. The van der Waals surface area contributed by atoms with Gasteiger partial charge in [-0.25, -0.2) is 15.8 Å². The molecule has 6 nitrogen and oxygen atoms in total. The number of nitrogen functional groups attached to an aromatic ring is 1. The molecule has 1 aromatic heterocycles. The Hall–Kier alpha value is -1.56. The summed E-state index contributed by atoms with van der Waals surface area (Å²) in [6, 6.07) is 0. The number of anilines is 2. The van der Waals surface area contributed by atoms with Gasteiger partial charge in [0.05, 0.1) is 7.11 Å². The van der Waals surface area contributed by atoms with Gasteiger partial charge in [0.1, 0.15) is 6.33 Å². The van der Waals surface area contributed by atoms with E-state index in [0.29, 0.717) is 17.4 Å². The van der Waals surface area contributed by atoms with Gasteiger partial charge in [0, 0.05) is 6.54 Å². The van der Waals surface area contributed by atoms with Crippen LogP contribution in [0.3, 0.4) is 0 Å². The van der Waals surface area contributed by atoms with Crippen LogP contribution in [0.2, 0.25) is 0 Å². The minimum Gasteiger partial charge on any atom is -0.490 e. The summed E-state index contributed by atoms with van der Waals surface area (Å²) in [6.45, 7) is 3.16. The highest BCUT2D eigenvalue weighted by Crippen LogP contribution is 2.38. The second-order valence-electron chi connectivity index (χ2n) is 4.10. The average Bonchev–Trinajstić information content (AvgIpc) is 3.02. The zero-order valence-corrected chi connectivity index (χ0v) is 9.53. The molecule has 0 radical (unpaired) electrons. The molecule has 88 valence electrons. The van der Waals surface area contributed by atoms with Crippen LogP contribution in [0.4, 0.5) is 11.6 Å². The van der Waals surface area contributed by atoms with Crippen LogP contribution in [0, 0.1) is 11.8 Å². The Morgan fingerprint density at radius 1 is 1.50 bits per heavy atom. The summed E-state index contributed by atoms with van der Waals surface area (Å²) >= 11 is 0. The molecular formula is C10H17N5O. The Bertz CT molecular complexity index is 370. The number of ether oxygens (including phenoxy) is 1. The fourth-order valence-corrected chi connectivity index (χ4v) is 1.71. The zero-order chi connectivity index (χ0) is 11.5. The normalized spacial score (nSPS) is 22.7. The van der Waals surface area contributed by atoms with Crippen molar-refractivity contribution in [2.24, 2.45) is 17.7 Å². The van der Waals surface area contributed by atoms with E-state index in [9.17, 15) is 0 Å². The molecule has 0 aliphatic heterocycles. The highest BCUT2D eigenvalue weighted by molar-refractivity contribution is 5.63.